The van der Waals surface area contributed by atoms with Gasteiger partial charge in [0.15, 0.2) is 6.10 Å². The van der Waals surface area contributed by atoms with E-state index in [4.69, 9.17) is 14.2 Å². The maximum absolute atomic E-state index is 13.0. The predicted octanol–water partition coefficient (Wildman–Crippen LogP) is 24.8. The third kappa shape index (κ3) is 67.6. The molecule has 0 rings (SSSR count). The molecule has 6 nitrogen and oxygen atoms in total. The monoisotopic (exact) mass is 1150 g/mol. The quantitative estimate of drug-likeness (QED) is 0.0261. The molecular weight excluding hydrogens is 1010 g/mol. The van der Waals surface area contributed by atoms with Gasteiger partial charge in [0.1, 0.15) is 13.2 Å². The first-order chi connectivity index (χ1) is 40.5. The second kappa shape index (κ2) is 70.3. The lowest BCUT2D eigenvalue weighted by atomic mass is 10.0. The van der Waals surface area contributed by atoms with Crippen molar-refractivity contribution in [1.82, 2.24) is 0 Å². The number of carbonyl (C=O) groups excluding carboxylic acids is 3. The molecule has 0 saturated heterocycles. The molecule has 0 saturated carbocycles. The van der Waals surface area contributed by atoms with Crippen molar-refractivity contribution in [1.29, 1.82) is 0 Å². The molecule has 0 heterocycles. The van der Waals surface area contributed by atoms with Gasteiger partial charge >= 0.3 is 17.9 Å². The summed E-state index contributed by atoms with van der Waals surface area (Å²) in [5.41, 5.74) is 0. The molecule has 0 spiro atoms. The molecule has 0 aliphatic heterocycles. The molecule has 0 aromatic rings. The molecule has 0 radical (unpaired) electrons. The summed E-state index contributed by atoms with van der Waals surface area (Å²) in [7, 11) is 0. The Balaban J connectivity index is 4.25. The van der Waals surface area contributed by atoms with Gasteiger partial charge in [0.05, 0.1) is 0 Å². The van der Waals surface area contributed by atoms with Crippen LogP contribution >= 0.6 is 0 Å². The fourth-order valence-electron chi connectivity index (χ4n) is 10.5. The van der Waals surface area contributed by atoms with Crippen molar-refractivity contribution < 1.29 is 28.6 Å². The highest BCUT2D eigenvalue weighted by Gasteiger charge is 2.19. The smallest absolute Gasteiger partial charge is 0.306 e. The van der Waals surface area contributed by atoms with E-state index in [0.717, 1.165) is 96.3 Å². The van der Waals surface area contributed by atoms with E-state index in [1.165, 1.54) is 238 Å². The number of hydrogen-bond donors (Lipinski definition) is 0. The number of unbranched alkanes of at least 4 members (excludes halogenated alkanes) is 43. The van der Waals surface area contributed by atoms with Crippen LogP contribution in [0.5, 0.6) is 0 Å². The van der Waals surface area contributed by atoms with Gasteiger partial charge in [-0.05, 0) is 109 Å². The Bertz CT molecular complexity index is 1500. The first kappa shape index (κ1) is 78.8. The second-order valence-electron chi connectivity index (χ2n) is 24.1. The van der Waals surface area contributed by atoms with Crippen molar-refractivity contribution >= 4 is 17.9 Å². The minimum absolute atomic E-state index is 0.0782. The van der Waals surface area contributed by atoms with E-state index in [1.54, 1.807) is 0 Å². The molecule has 0 aliphatic carbocycles. The van der Waals surface area contributed by atoms with Crippen molar-refractivity contribution in [3.05, 3.63) is 72.9 Å². The number of allylic oxidation sites excluding steroid dienone is 12. The molecule has 0 aliphatic rings. The maximum Gasteiger partial charge on any atom is 0.306 e. The Morgan fingerprint density at radius 2 is 0.476 bits per heavy atom. The fraction of sp³-hybridized carbons (Fsp3) is 0.803. The highest BCUT2D eigenvalue weighted by atomic mass is 16.6. The highest BCUT2D eigenvalue weighted by molar-refractivity contribution is 5.71. The van der Waals surface area contributed by atoms with Crippen molar-refractivity contribution in [2.24, 2.45) is 0 Å². The van der Waals surface area contributed by atoms with E-state index in [9.17, 15) is 14.4 Å². The van der Waals surface area contributed by atoms with Gasteiger partial charge in [-0.25, -0.2) is 0 Å². The SMILES string of the molecule is CC/C=C\C/C=C\C/C=C\C/C=C\CCCCCCCCCCC(=O)OC(COC(=O)CCCCCCC/C=C\CCCCCCC)COC(=O)CCCCCCCCCCCCCCCCCCC/C=C\CCCCCCCCCC. The Hall–Kier alpha value is -3.15. The molecule has 1 unspecified atom stereocenters. The summed E-state index contributed by atoms with van der Waals surface area (Å²) in [5, 5.41) is 0. The van der Waals surface area contributed by atoms with Crippen LogP contribution in [0.4, 0.5) is 0 Å². The van der Waals surface area contributed by atoms with Gasteiger partial charge < -0.3 is 14.2 Å². The van der Waals surface area contributed by atoms with Crippen molar-refractivity contribution in [2.75, 3.05) is 13.2 Å². The van der Waals surface area contributed by atoms with Crippen LogP contribution in [-0.4, -0.2) is 37.2 Å². The molecule has 1 atom stereocenters. The van der Waals surface area contributed by atoms with Crippen LogP contribution < -0.4 is 0 Å². The lowest BCUT2D eigenvalue weighted by Crippen LogP contribution is -2.30. The zero-order valence-electron chi connectivity index (χ0n) is 54.8. The first-order valence-electron chi connectivity index (χ1n) is 35.9. The molecular formula is C76H136O6. The average molecular weight is 1150 g/mol. The van der Waals surface area contributed by atoms with E-state index in [0.29, 0.717) is 19.3 Å². The van der Waals surface area contributed by atoms with Gasteiger partial charge in [0, 0.05) is 19.3 Å². The Morgan fingerprint density at radius 3 is 0.756 bits per heavy atom. The molecule has 0 bridgehead atoms. The normalized spacial score (nSPS) is 12.5. The summed E-state index contributed by atoms with van der Waals surface area (Å²) in [5.74, 6) is -0.875. The van der Waals surface area contributed by atoms with Crippen molar-refractivity contribution in [2.45, 2.75) is 380 Å². The van der Waals surface area contributed by atoms with Crippen molar-refractivity contribution in [3.8, 4) is 0 Å². The zero-order chi connectivity index (χ0) is 59.2. The van der Waals surface area contributed by atoms with Gasteiger partial charge in [0.2, 0.25) is 0 Å². The fourth-order valence-corrected chi connectivity index (χ4v) is 10.5. The number of esters is 3. The molecule has 0 fully saturated rings. The topological polar surface area (TPSA) is 78.9 Å². The van der Waals surface area contributed by atoms with Gasteiger partial charge in [0.25, 0.3) is 0 Å². The van der Waals surface area contributed by atoms with Gasteiger partial charge in [-0.15, -0.1) is 0 Å². The summed E-state index contributed by atoms with van der Waals surface area (Å²) >= 11 is 0. The molecule has 0 N–H and O–H groups in total. The second-order valence-corrected chi connectivity index (χ2v) is 24.1. The third-order valence-electron chi connectivity index (χ3n) is 15.9. The molecule has 0 amide bonds. The van der Waals surface area contributed by atoms with Crippen LogP contribution in [0.1, 0.15) is 374 Å². The van der Waals surface area contributed by atoms with Gasteiger partial charge in [-0.1, -0.05) is 318 Å². The van der Waals surface area contributed by atoms with Crippen molar-refractivity contribution in [3.63, 3.8) is 0 Å². The molecule has 0 aromatic heterocycles. The van der Waals surface area contributed by atoms with E-state index in [-0.39, 0.29) is 31.1 Å². The summed E-state index contributed by atoms with van der Waals surface area (Å²) in [6, 6.07) is 0. The van der Waals surface area contributed by atoms with E-state index < -0.39 is 6.10 Å². The largest absolute Gasteiger partial charge is 0.462 e. The minimum atomic E-state index is -0.784. The van der Waals surface area contributed by atoms with Crippen LogP contribution in [0.25, 0.3) is 0 Å². The zero-order valence-corrected chi connectivity index (χ0v) is 54.8. The molecule has 82 heavy (non-hydrogen) atoms. The predicted molar refractivity (Wildman–Crippen MR) is 358 cm³/mol. The van der Waals surface area contributed by atoms with Gasteiger partial charge in [-0.3, -0.25) is 14.4 Å². The lowest BCUT2D eigenvalue weighted by Gasteiger charge is -2.18. The van der Waals surface area contributed by atoms with Gasteiger partial charge in [-0.2, -0.15) is 0 Å². The number of hydrogen-bond acceptors (Lipinski definition) is 6. The molecule has 476 valence electrons. The molecule has 6 heteroatoms. The van der Waals surface area contributed by atoms with Crippen LogP contribution in [0.15, 0.2) is 72.9 Å². The minimum Gasteiger partial charge on any atom is -0.462 e. The van der Waals surface area contributed by atoms with E-state index >= 15 is 0 Å². The standard InChI is InChI=1S/C76H136O6/c1-4-7-10-13-16-19-22-25-28-30-32-34-35-36-37-38-39-40-41-43-44-46-48-51-54-57-60-63-66-69-75(78)81-72-73(71-80-74(77)68-65-62-59-56-53-50-27-24-21-18-15-12-9-6-3)82-76(79)70-67-64-61-58-55-52-49-47-45-42-33-31-29-26-23-20-17-14-11-8-5-2/h8,11,17,20,24,26-27,29-30,32-33,42,73H,4-7,9-10,12-16,18-19,21-23,25,28,31,34-41,43-72H2,1-3H3/b11-8-,20-17-,27-24-,29-26-,32-30-,42-33-. The van der Waals surface area contributed by atoms with E-state index in [2.05, 4.69) is 93.7 Å². The summed E-state index contributed by atoms with van der Waals surface area (Å²) in [4.78, 5) is 38.4. The Labute approximate surface area is 510 Å². The first-order valence-corrected chi connectivity index (χ1v) is 35.9. The van der Waals surface area contributed by atoms with Crippen LogP contribution in [0.3, 0.4) is 0 Å². The third-order valence-corrected chi connectivity index (χ3v) is 15.9. The summed E-state index contributed by atoms with van der Waals surface area (Å²) in [6.07, 6.45) is 92.2. The van der Waals surface area contributed by atoms with Crippen LogP contribution in [0, 0.1) is 0 Å². The summed E-state index contributed by atoms with van der Waals surface area (Å²) < 4.78 is 17.0. The highest BCUT2D eigenvalue weighted by Crippen LogP contribution is 2.18. The Morgan fingerprint density at radius 1 is 0.256 bits per heavy atom. The van der Waals surface area contributed by atoms with Crippen LogP contribution in [-0.2, 0) is 28.6 Å². The Kier molecular flexibility index (Phi) is 67.6. The van der Waals surface area contributed by atoms with E-state index in [1.807, 2.05) is 0 Å². The average Bonchev–Trinajstić information content (AvgIpc) is 3.47. The number of carbonyl (C=O) groups is 3. The lowest BCUT2D eigenvalue weighted by molar-refractivity contribution is -0.167. The maximum atomic E-state index is 13.0. The summed E-state index contributed by atoms with van der Waals surface area (Å²) in [6.45, 7) is 6.56. The molecule has 0 aromatic carbocycles. The number of rotatable bonds is 66. The number of ether oxygens (including phenoxy) is 3. The van der Waals surface area contributed by atoms with Crippen LogP contribution in [0.2, 0.25) is 0 Å².